The molecule has 2 unspecified atom stereocenters. The summed E-state index contributed by atoms with van der Waals surface area (Å²) in [7, 11) is -3.15. The van der Waals surface area contributed by atoms with Crippen LogP contribution in [0.1, 0.15) is 26.2 Å². The fraction of sp³-hybridized carbons (Fsp3) is 0.909. The summed E-state index contributed by atoms with van der Waals surface area (Å²) in [6.45, 7) is 3.58. The molecule has 0 radical (unpaired) electrons. The Bertz CT molecular complexity index is 381. The summed E-state index contributed by atoms with van der Waals surface area (Å²) in [4.78, 5) is 13.7. The normalized spacial score (nSPS) is 22.8. The molecule has 1 aliphatic heterocycles. The van der Waals surface area contributed by atoms with Crippen molar-refractivity contribution in [3.63, 3.8) is 0 Å². The molecule has 1 saturated heterocycles. The zero-order chi connectivity index (χ0) is 13.8. The number of sulfonamides is 1. The molecule has 7 heteroatoms. The van der Waals surface area contributed by atoms with Crippen LogP contribution in [0.15, 0.2) is 0 Å². The molecule has 1 rings (SSSR count). The molecule has 0 saturated carbocycles. The molecule has 2 atom stereocenters. The monoisotopic (exact) mass is 277 g/mol. The molecule has 106 valence electrons. The van der Waals surface area contributed by atoms with E-state index in [0.717, 1.165) is 25.6 Å². The summed E-state index contributed by atoms with van der Waals surface area (Å²) in [5, 5.41) is 0. The molecule has 0 aromatic heterocycles. The molecular weight excluding hydrogens is 254 g/mol. The summed E-state index contributed by atoms with van der Waals surface area (Å²) in [6, 6.07) is -0.132. The van der Waals surface area contributed by atoms with Gasteiger partial charge < -0.3 is 10.6 Å². The Balaban J connectivity index is 2.43. The van der Waals surface area contributed by atoms with E-state index in [4.69, 9.17) is 5.73 Å². The first-order valence-corrected chi connectivity index (χ1v) is 8.15. The van der Waals surface area contributed by atoms with Crippen LogP contribution in [0.3, 0.4) is 0 Å². The van der Waals surface area contributed by atoms with Gasteiger partial charge in [0.1, 0.15) is 0 Å². The van der Waals surface area contributed by atoms with Crippen molar-refractivity contribution in [3.05, 3.63) is 0 Å². The number of piperidine rings is 1. The SMILES string of the molecule is CC(N)CC(=O)N1CCCC(CNS(C)(=O)=O)C1. The molecule has 1 fully saturated rings. The standard InChI is InChI=1S/C11H23N3O3S/c1-9(12)6-11(15)14-5-3-4-10(8-14)7-13-18(2,16)17/h9-10,13H,3-8,12H2,1-2H3. The molecule has 3 N–H and O–H groups in total. The molecule has 0 aliphatic carbocycles. The Morgan fingerprint density at radius 1 is 1.56 bits per heavy atom. The first-order chi connectivity index (χ1) is 8.28. The van der Waals surface area contributed by atoms with Crippen molar-refractivity contribution in [2.75, 3.05) is 25.9 Å². The Hall–Kier alpha value is -0.660. The van der Waals surface area contributed by atoms with E-state index >= 15 is 0 Å². The zero-order valence-corrected chi connectivity index (χ0v) is 11.9. The summed E-state index contributed by atoms with van der Waals surface area (Å²) in [5.41, 5.74) is 5.61. The van der Waals surface area contributed by atoms with Crippen LogP contribution in [0.25, 0.3) is 0 Å². The summed E-state index contributed by atoms with van der Waals surface area (Å²) >= 11 is 0. The molecular formula is C11H23N3O3S. The van der Waals surface area contributed by atoms with Gasteiger partial charge in [-0.25, -0.2) is 13.1 Å². The lowest BCUT2D eigenvalue weighted by atomic mass is 9.98. The number of carbonyl (C=O) groups excluding carboxylic acids is 1. The minimum atomic E-state index is -3.15. The smallest absolute Gasteiger partial charge is 0.224 e. The van der Waals surface area contributed by atoms with Crippen molar-refractivity contribution in [2.24, 2.45) is 11.7 Å². The average molecular weight is 277 g/mol. The minimum absolute atomic E-state index is 0.0639. The van der Waals surface area contributed by atoms with Gasteiger partial charge in [0, 0.05) is 32.1 Å². The number of nitrogens with zero attached hydrogens (tertiary/aromatic N) is 1. The quantitative estimate of drug-likeness (QED) is 0.709. The number of hydrogen-bond acceptors (Lipinski definition) is 4. The Kier molecular flexibility index (Phi) is 5.55. The van der Waals surface area contributed by atoms with Crippen LogP contribution in [0.4, 0.5) is 0 Å². The fourth-order valence-electron chi connectivity index (χ4n) is 2.13. The molecule has 1 heterocycles. The van der Waals surface area contributed by atoms with Gasteiger partial charge in [-0.05, 0) is 25.7 Å². The molecule has 0 spiro atoms. The van der Waals surface area contributed by atoms with Crippen LogP contribution in [-0.4, -0.2) is 51.2 Å². The van der Waals surface area contributed by atoms with E-state index in [9.17, 15) is 13.2 Å². The van der Waals surface area contributed by atoms with Crippen molar-refractivity contribution < 1.29 is 13.2 Å². The van der Waals surface area contributed by atoms with Gasteiger partial charge in [-0.1, -0.05) is 0 Å². The summed E-state index contributed by atoms with van der Waals surface area (Å²) in [6.07, 6.45) is 3.37. The Morgan fingerprint density at radius 3 is 2.78 bits per heavy atom. The van der Waals surface area contributed by atoms with Crippen LogP contribution in [0.5, 0.6) is 0 Å². The largest absolute Gasteiger partial charge is 0.342 e. The van der Waals surface area contributed by atoms with Gasteiger partial charge in [0.05, 0.1) is 6.26 Å². The highest BCUT2D eigenvalue weighted by atomic mass is 32.2. The predicted molar refractivity (Wildman–Crippen MR) is 70.4 cm³/mol. The number of hydrogen-bond donors (Lipinski definition) is 2. The molecule has 18 heavy (non-hydrogen) atoms. The topological polar surface area (TPSA) is 92.5 Å². The van der Waals surface area contributed by atoms with Crippen LogP contribution in [0, 0.1) is 5.92 Å². The van der Waals surface area contributed by atoms with Crippen molar-refractivity contribution in [2.45, 2.75) is 32.2 Å². The van der Waals surface area contributed by atoms with Crippen LogP contribution in [0.2, 0.25) is 0 Å². The highest BCUT2D eigenvalue weighted by Crippen LogP contribution is 2.17. The predicted octanol–water partition coefficient (Wildman–Crippen LogP) is -0.488. The van der Waals surface area contributed by atoms with E-state index in [2.05, 4.69) is 4.72 Å². The van der Waals surface area contributed by atoms with Crippen LogP contribution >= 0.6 is 0 Å². The molecule has 0 aromatic carbocycles. The van der Waals surface area contributed by atoms with E-state index in [1.807, 2.05) is 6.92 Å². The van der Waals surface area contributed by atoms with E-state index in [0.29, 0.717) is 19.5 Å². The van der Waals surface area contributed by atoms with Crippen molar-refractivity contribution in [1.29, 1.82) is 0 Å². The van der Waals surface area contributed by atoms with E-state index < -0.39 is 10.0 Å². The molecule has 6 nitrogen and oxygen atoms in total. The Morgan fingerprint density at radius 2 is 2.22 bits per heavy atom. The van der Waals surface area contributed by atoms with Gasteiger partial charge >= 0.3 is 0 Å². The van der Waals surface area contributed by atoms with E-state index in [1.54, 1.807) is 4.90 Å². The third kappa shape index (κ3) is 5.79. The third-order valence-corrected chi connectivity index (χ3v) is 3.69. The summed E-state index contributed by atoms with van der Waals surface area (Å²) in [5.74, 6) is 0.263. The van der Waals surface area contributed by atoms with Crippen LogP contribution in [-0.2, 0) is 14.8 Å². The highest BCUT2D eigenvalue weighted by molar-refractivity contribution is 7.88. The highest BCUT2D eigenvalue weighted by Gasteiger charge is 2.24. The van der Waals surface area contributed by atoms with Crippen molar-refractivity contribution in [3.8, 4) is 0 Å². The fourth-order valence-corrected chi connectivity index (χ4v) is 2.67. The third-order valence-electron chi connectivity index (χ3n) is 3.00. The molecule has 0 aromatic rings. The number of amides is 1. The van der Waals surface area contributed by atoms with Gasteiger partial charge in [-0.15, -0.1) is 0 Å². The zero-order valence-electron chi connectivity index (χ0n) is 11.1. The number of carbonyl (C=O) groups is 1. The second kappa shape index (κ2) is 6.49. The van der Waals surface area contributed by atoms with Crippen LogP contribution < -0.4 is 10.5 Å². The number of nitrogens with one attached hydrogen (secondary N) is 1. The van der Waals surface area contributed by atoms with Gasteiger partial charge in [-0.2, -0.15) is 0 Å². The molecule has 1 aliphatic rings. The second-order valence-corrected chi connectivity index (χ2v) is 6.98. The van der Waals surface area contributed by atoms with E-state index in [-0.39, 0.29) is 17.9 Å². The minimum Gasteiger partial charge on any atom is -0.342 e. The number of rotatable bonds is 5. The maximum Gasteiger partial charge on any atom is 0.224 e. The Labute approximate surface area is 109 Å². The lowest BCUT2D eigenvalue weighted by Crippen LogP contribution is -2.44. The number of likely N-dealkylation sites (tertiary alicyclic amines) is 1. The van der Waals surface area contributed by atoms with Gasteiger partial charge in [0.25, 0.3) is 0 Å². The van der Waals surface area contributed by atoms with Crippen molar-refractivity contribution in [1.82, 2.24) is 9.62 Å². The lowest BCUT2D eigenvalue weighted by Gasteiger charge is -2.33. The lowest BCUT2D eigenvalue weighted by molar-refractivity contribution is -0.133. The maximum atomic E-state index is 11.9. The van der Waals surface area contributed by atoms with Gasteiger partial charge in [-0.3, -0.25) is 4.79 Å². The first-order valence-electron chi connectivity index (χ1n) is 6.26. The van der Waals surface area contributed by atoms with Crippen molar-refractivity contribution >= 4 is 15.9 Å². The first kappa shape index (κ1) is 15.4. The molecule has 0 bridgehead atoms. The number of nitrogens with two attached hydrogens (primary N) is 1. The van der Waals surface area contributed by atoms with Gasteiger partial charge in [0.2, 0.25) is 15.9 Å². The summed E-state index contributed by atoms with van der Waals surface area (Å²) < 4.78 is 24.6. The van der Waals surface area contributed by atoms with Gasteiger partial charge in [0.15, 0.2) is 0 Å². The molecule has 1 amide bonds. The second-order valence-electron chi connectivity index (χ2n) is 5.15. The maximum absolute atomic E-state index is 11.9. The average Bonchev–Trinajstić information content (AvgIpc) is 2.25. The van der Waals surface area contributed by atoms with E-state index in [1.165, 1.54) is 0 Å².